The summed E-state index contributed by atoms with van der Waals surface area (Å²) in [6.07, 6.45) is 2.50. The van der Waals surface area contributed by atoms with Gasteiger partial charge < -0.3 is 10.8 Å². The van der Waals surface area contributed by atoms with Crippen LogP contribution in [0.5, 0.6) is 0 Å². The third-order valence-electron chi connectivity index (χ3n) is 3.02. The van der Waals surface area contributed by atoms with E-state index in [4.69, 9.17) is 5.73 Å². The van der Waals surface area contributed by atoms with E-state index < -0.39 is 5.60 Å². The minimum Gasteiger partial charge on any atom is -0.377 e. The van der Waals surface area contributed by atoms with Crippen LogP contribution >= 0.6 is 0 Å². The fourth-order valence-electron chi connectivity index (χ4n) is 2.04. The molecule has 1 aromatic carbocycles. The molecule has 2 aromatic rings. The number of hydrogen-bond donors (Lipinski definition) is 2. The molecule has 0 amide bonds. The van der Waals surface area contributed by atoms with Crippen molar-refractivity contribution >= 4 is 0 Å². The molecule has 18 heavy (non-hydrogen) atoms. The maximum Gasteiger partial charge on any atom is 0.145 e. The van der Waals surface area contributed by atoms with Crippen molar-refractivity contribution in [2.24, 2.45) is 5.73 Å². The molecule has 1 heterocycles. The molecule has 0 radical (unpaired) electrons. The largest absolute Gasteiger partial charge is 0.377 e. The van der Waals surface area contributed by atoms with Crippen molar-refractivity contribution in [2.45, 2.75) is 25.5 Å². The zero-order valence-electron chi connectivity index (χ0n) is 10.5. The molecule has 0 fully saturated rings. The summed E-state index contributed by atoms with van der Waals surface area (Å²) in [7, 11) is 0. The van der Waals surface area contributed by atoms with Crippen molar-refractivity contribution in [1.29, 1.82) is 0 Å². The highest BCUT2D eigenvalue weighted by atomic mass is 16.3. The van der Waals surface area contributed by atoms with Gasteiger partial charge in [0.1, 0.15) is 5.60 Å². The maximum absolute atomic E-state index is 10.8. The lowest BCUT2D eigenvalue weighted by Gasteiger charge is -2.27. The topological polar surface area (TPSA) is 77.0 Å². The molecule has 96 valence electrons. The molecule has 1 unspecified atom stereocenters. The third-order valence-corrected chi connectivity index (χ3v) is 3.02. The van der Waals surface area contributed by atoms with Crippen molar-refractivity contribution in [2.75, 3.05) is 6.54 Å². The summed E-state index contributed by atoms with van der Waals surface area (Å²) >= 11 is 0. The van der Waals surface area contributed by atoms with Gasteiger partial charge in [-0.25, -0.2) is 4.68 Å². The first-order chi connectivity index (χ1) is 8.72. The number of nitrogens with zero attached hydrogens (tertiary/aromatic N) is 3. The first kappa shape index (κ1) is 12.7. The van der Waals surface area contributed by atoms with Crippen molar-refractivity contribution in [3.8, 4) is 0 Å². The first-order valence-electron chi connectivity index (χ1n) is 6.09. The minimum atomic E-state index is -1.24. The molecule has 0 spiro atoms. The van der Waals surface area contributed by atoms with Crippen LogP contribution in [0.25, 0.3) is 0 Å². The first-order valence-corrected chi connectivity index (χ1v) is 6.09. The van der Waals surface area contributed by atoms with E-state index in [1.54, 1.807) is 10.9 Å². The van der Waals surface area contributed by atoms with Crippen LogP contribution in [-0.2, 0) is 12.1 Å². The van der Waals surface area contributed by atoms with Gasteiger partial charge in [0.05, 0.1) is 11.9 Å². The molecule has 0 aliphatic rings. The van der Waals surface area contributed by atoms with Crippen molar-refractivity contribution in [3.63, 3.8) is 0 Å². The summed E-state index contributed by atoms with van der Waals surface area (Å²) in [6, 6.07) is 9.38. The summed E-state index contributed by atoms with van der Waals surface area (Å²) in [5.41, 5.74) is 5.93. The van der Waals surface area contributed by atoms with E-state index in [9.17, 15) is 5.11 Å². The van der Waals surface area contributed by atoms with Crippen molar-refractivity contribution in [3.05, 3.63) is 47.8 Å². The van der Waals surface area contributed by atoms with Crippen LogP contribution in [0.3, 0.4) is 0 Å². The van der Waals surface area contributed by atoms with E-state index in [0.717, 1.165) is 12.0 Å². The Morgan fingerprint density at radius 1 is 1.33 bits per heavy atom. The molecular formula is C13H18N4O. The molecule has 0 bridgehead atoms. The fraction of sp³-hybridized carbons (Fsp3) is 0.385. The molecule has 5 nitrogen and oxygen atoms in total. The second-order valence-electron chi connectivity index (χ2n) is 4.27. The minimum absolute atomic E-state index is 0.0914. The van der Waals surface area contributed by atoms with Gasteiger partial charge in [-0.2, -0.15) is 0 Å². The van der Waals surface area contributed by atoms with Crippen LogP contribution in [0.2, 0.25) is 0 Å². The lowest BCUT2D eigenvalue weighted by Crippen LogP contribution is -2.38. The van der Waals surface area contributed by atoms with Gasteiger partial charge >= 0.3 is 0 Å². The van der Waals surface area contributed by atoms with Gasteiger partial charge in [0, 0.05) is 13.1 Å². The number of aromatic nitrogens is 3. The van der Waals surface area contributed by atoms with E-state index in [2.05, 4.69) is 17.2 Å². The van der Waals surface area contributed by atoms with Crippen LogP contribution in [0.1, 0.15) is 24.6 Å². The monoisotopic (exact) mass is 246 g/mol. The number of aliphatic hydroxyl groups is 1. The van der Waals surface area contributed by atoms with Crippen molar-refractivity contribution in [1.82, 2.24) is 15.0 Å². The Hall–Kier alpha value is -1.72. The number of aryl methyl sites for hydroxylation is 1. The lowest BCUT2D eigenvalue weighted by atomic mass is 9.91. The van der Waals surface area contributed by atoms with Gasteiger partial charge in [-0.05, 0) is 12.0 Å². The number of benzene rings is 1. The van der Waals surface area contributed by atoms with E-state index in [-0.39, 0.29) is 6.54 Å². The smallest absolute Gasteiger partial charge is 0.145 e. The Morgan fingerprint density at radius 3 is 2.67 bits per heavy atom. The second-order valence-corrected chi connectivity index (χ2v) is 4.27. The standard InChI is InChI=1S/C13H18N4O/c1-2-8-17-12(9-15-16-17)13(18,10-14)11-6-4-3-5-7-11/h3-7,9,18H,2,8,10,14H2,1H3. The fourth-order valence-corrected chi connectivity index (χ4v) is 2.04. The molecule has 0 saturated heterocycles. The highest BCUT2D eigenvalue weighted by molar-refractivity contribution is 5.31. The highest BCUT2D eigenvalue weighted by Gasteiger charge is 2.33. The average molecular weight is 246 g/mol. The zero-order chi connectivity index (χ0) is 13.0. The second kappa shape index (κ2) is 5.29. The predicted molar refractivity (Wildman–Crippen MR) is 68.8 cm³/mol. The predicted octanol–water partition coefficient (Wildman–Crippen LogP) is 0.883. The maximum atomic E-state index is 10.8. The summed E-state index contributed by atoms with van der Waals surface area (Å²) in [4.78, 5) is 0. The van der Waals surface area contributed by atoms with Gasteiger partial charge in [0.25, 0.3) is 0 Å². The zero-order valence-corrected chi connectivity index (χ0v) is 10.5. The third kappa shape index (κ3) is 2.14. The Labute approximate surface area is 106 Å². The number of rotatable bonds is 5. The molecule has 1 aromatic heterocycles. The highest BCUT2D eigenvalue weighted by Crippen LogP contribution is 2.27. The Morgan fingerprint density at radius 2 is 2.06 bits per heavy atom. The summed E-state index contributed by atoms with van der Waals surface area (Å²) in [6.45, 7) is 2.86. The lowest BCUT2D eigenvalue weighted by molar-refractivity contribution is 0.0798. The quantitative estimate of drug-likeness (QED) is 0.821. The van der Waals surface area contributed by atoms with E-state index in [0.29, 0.717) is 12.2 Å². The molecule has 3 N–H and O–H groups in total. The molecule has 5 heteroatoms. The van der Waals surface area contributed by atoms with Crippen molar-refractivity contribution < 1.29 is 5.11 Å². The van der Waals surface area contributed by atoms with Gasteiger partial charge in [0.2, 0.25) is 0 Å². The Balaban J connectivity index is 2.46. The van der Waals surface area contributed by atoms with Crippen LogP contribution in [0, 0.1) is 0 Å². The van der Waals surface area contributed by atoms with Crippen LogP contribution in [0.4, 0.5) is 0 Å². The van der Waals surface area contributed by atoms with E-state index in [1.165, 1.54) is 0 Å². The molecule has 0 saturated carbocycles. The average Bonchev–Trinajstić information content (AvgIpc) is 2.88. The van der Waals surface area contributed by atoms with Crippen LogP contribution in [0.15, 0.2) is 36.5 Å². The van der Waals surface area contributed by atoms with E-state index in [1.807, 2.05) is 30.3 Å². The normalized spacial score (nSPS) is 14.4. The van der Waals surface area contributed by atoms with Gasteiger partial charge in [0.15, 0.2) is 0 Å². The van der Waals surface area contributed by atoms with Gasteiger partial charge in [-0.3, -0.25) is 0 Å². The summed E-state index contributed by atoms with van der Waals surface area (Å²) in [5.74, 6) is 0. The molecule has 0 aliphatic heterocycles. The summed E-state index contributed by atoms with van der Waals surface area (Å²) < 4.78 is 1.71. The SMILES string of the molecule is CCCn1nncc1C(O)(CN)c1ccccc1. The molecule has 2 rings (SSSR count). The van der Waals surface area contributed by atoms with Gasteiger partial charge in [-0.1, -0.05) is 42.5 Å². The Kier molecular flexibility index (Phi) is 3.74. The van der Waals surface area contributed by atoms with Crippen LogP contribution in [-0.4, -0.2) is 26.6 Å². The molecule has 0 aliphatic carbocycles. The summed E-state index contributed by atoms with van der Waals surface area (Å²) in [5, 5.41) is 18.7. The Bertz CT molecular complexity index is 497. The van der Waals surface area contributed by atoms with E-state index >= 15 is 0 Å². The van der Waals surface area contributed by atoms with Gasteiger partial charge in [-0.15, -0.1) is 5.10 Å². The molecule has 1 atom stereocenters. The number of nitrogens with two attached hydrogens (primary N) is 1. The van der Waals surface area contributed by atoms with Crippen LogP contribution < -0.4 is 5.73 Å². The molecular weight excluding hydrogens is 228 g/mol. The number of hydrogen-bond acceptors (Lipinski definition) is 4.